The first kappa shape index (κ1) is 59.5. The van der Waals surface area contributed by atoms with E-state index in [2.05, 4.69) is 44.1 Å². The Morgan fingerprint density at radius 2 is 1.22 bits per heavy atom. The van der Waals surface area contributed by atoms with Crippen molar-refractivity contribution < 1.29 is 52.6 Å². The highest BCUT2D eigenvalue weighted by Crippen LogP contribution is 2.13. The molecular weight excluding hydrogens is 869 g/mol. The van der Waals surface area contributed by atoms with Gasteiger partial charge in [0.2, 0.25) is 29.4 Å². The standard InChI is InChI=1S/C46H78N10O11/c1-12-13-14-15-16-31-17-19-32(20-18-31)40(59)53-34(25-66-23-27(4)5)42(61)54-38(47)45(64)50-22-35(57)56(11)36(30(9)67-24-28(6)7)43(62)55-39(48)46(65)52-33(21-26(2)3)41(60)51-29(8)37(58)44(63)49-10/h17-20,26-30,33-34,36,38-39H,12-16,21-25,47-48H2,1-11H3,(H,49,63)(H,50,64)(H,51,60)(H,52,65)(H,53,59)(H,54,61)(H,55,62)/t29?,30?,33-,34+,36-,38-,39+/m0/s1. The number of likely N-dealkylation sites (N-methyl/N-ethyl adjacent to an activating group) is 2. The number of hydrogen-bond donors (Lipinski definition) is 9. The lowest BCUT2D eigenvalue weighted by atomic mass is 10.0. The number of Topliss-reactive ketones (excluding diaryl/α,β-unsaturated/α-hetero) is 1. The molecule has 0 aromatic heterocycles. The molecule has 21 heteroatoms. The predicted octanol–water partition coefficient (Wildman–Crippen LogP) is -0.263. The molecule has 67 heavy (non-hydrogen) atoms. The first-order chi connectivity index (χ1) is 31.4. The van der Waals surface area contributed by atoms with E-state index in [9.17, 15) is 43.2 Å². The SMILES string of the molecule is CCCCCCc1ccc(C(=O)N[C@H](COCC(C)C)C(=O)N[C@H](N)C(=O)NCC(=O)N(C)[C@H](C(=O)N[C@@H](N)C(=O)N[C@@H](CC(C)C)C(=O)NC(C)C(=O)C(=O)NC)C(C)OCC(C)C)cc1. The number of carbonyl (C=O) groups is 9. The fraction of sp³-hybridized carbons (Fsp3) is 0.674. The Bertz CT molecular complexity index is 1790. The second kappa shape index (κ2) is 30.7. The second-order valence-corrected chi connectivity index (χ2v) is 17.9. The van der Waals surface area contributed by atoms with Crippen LogP contribution in [0.5, 0.6) is 0 Å². The fourth-order valence-corrected chi connectivity index (χ4v) is 6.40. The summed E-state index contributed by atoms with van der Waals surface area (Å²) in [6.07, 6.45) is 1.05. The number of unbranched alkanes of at least 4 members (excludes halogenated alkanes) is 3. The molecule has 0 aliphatic heterocycles. The van der Waals surface area contributed by atoms with Crippen LogP contribution in [0.4, 0.5) is 0 Å². The first-order valence-corrected chi connectivity index (χ1v) is 23.0. The van der Waals surface area contributed by atoms with Crippen molar-refractivity contribution >= 4 is 53.0 Å². The van der Waals surface area contributed by atoms with Crippen LogP contribution in [0.1, 0.15) is 110 Å². The lowest BCUT2D eigenvalue weighted by Gasteiger charge is -2.33. The topological polar surface area (TPSA) is 312 Å². The van der Waals surface area contributed by atoms with Gasteiger partial charge in [-0.1, -0.05) is 79.9 Å². The molecular formula is C46H78N10O11. The summed E-state index contributed by atoms with van der Waals surface area (Å²) in [5.41, 5.74) is 13.5. The van der Waals surface area contributed by atoms with Gasteiger partial charge in [0.15, 0.2) is 12.3 Å². The molecule has 0 bridgehead atoms. The molecule has 2 unspecified atom stereocenters. The maximum absolute atomic E-state index is 13.8. The first-order valence-electron chi connectivity index (χ1n) is 23.0. The van der Waals surface area contributed by atoms with Gasteiger partial charge in [0.25, 0.3) is 23.6 Å². The van der Waals surface area contributed by atoms with Gasteiger partial charge < -0.3 is 63.1 Å². The molecule has 8 amide bonds. The highest BCUT2D eigenvalue weighted by atomic mass is 16.5. The molecule has 11 N–H and O–H groups in total. The molecule has 1 aromatic rings. The summed E-state index contributed by atoms with van der Waals surface area (Å²) in [6.45, 7) is 15.7. The van der Waals surface area contributed by atoms with E-state index in [-0.39, 0.29) is 44.0 Å². The number of rotatable bonds is 31. The number of hydrogen-bond acceptors (Lipinski definition) is 13. The maximum atomic E-state index is 13.8. The van der Waals surface area contributed by atoms with Crippen molar-refractivity contribution in [3.63, 3.8) is 0 Å². The molecule has 0 saturated carbocycles. The number of ketones is 1. The minimum absolute atomic E-state index is 0.0285. The maximum Gasteiger partial charge on any atom is 0.289 e. The van der Waals surface area contributed by atoms with Crippen molar-refractivity contribution in [3.05, 3.63) is 35.4 Å². The third kappa shape index (κ3) is 22.2. The Morgan fingerprint density at radius 3 is 1.79 bits per heavy atom. The summed E-state index contributed by atoms with van der Waals surface area (Å²) in [7, 11) is 2.54. The Hall–Kier alpha value is -5.51. The van der Waals surface area contributed by atoms with Crippen LogP contribution >= 0.6 is 0 Å². The molecule has 0 saturated heterocycles. The van der Waals surface area contributed by atoms with Crippen LogP contribution in [-0.4, -0.2) is 141 Å². The van der Waals surface area contributed by atoms with Crippen LogP contribution in [-0.2, 0) is 54.3 Å². The van der Waals surface area contributed by atoms with E-state index in [4.69, 9.17) is 20.9 Å². The zero-order valence-electron chi connectivity index (χ0n) is 41.2. The number of nitrogens with two attached hydrogens (primary N) is 2. The number of ether oxygens (including phenoxy) is 2. The van der Waals surface area contributed by atoms with Crippen molar-refractivity contribution in [2.24, 2.45) is 29.2 Å². The lowest BCUT2D eigenvalue weighted by molar-refractivity contribution is -0.146. The molecule has 0 heterocycles. The average molecular weight is 947 g/mol. The molecule has 0 spiro atoms. The van der Waals surface area contributed by atoms with Gasteiger partial charge in [-0.25, -0.2) is 0 Å². The highest BCUT2D eigenvalue weighted by molar-refractivity contribution is 6.38. The van der Waals surface area contributed by atoms with Crippen LogP contribution in [0.15, 0.2) is 24.3 Å². The van der Waals surface area contributed by atoms with E-state index in [1.807, 2.05) is 39.8 Å². The molecule has 0 fully saturated rings. The van der Waals surface area contributed by atoms with E-state index in [1.54, 1.807) is 26.0 Å². The predicted molar refractivity (Wildman–Crippen MR) is 251 cm³/mol. The van der Waals surface area contributed by atoms with Gasteiger partial charge in [-0.15, -0.1) is 0 Å². The number of carbonyl (C=O) groups excluding carboxylic acids is 9. The molecule has 1 rings (SSSR count). The van der Waals surface area contributed by atoms with Gasteiger partial charge in [-0.3, -0.25) is 43.2 Å². The Labute approximate surface area is 395 Å². The Morgan fingerprint density at radius 1 is 0.642 bits per heavy atom. The van der Waals surface area contributed by atoms with Crippen molar-refractivity contribution in [2.45, 2.75) is 143 Å². The summed E-state index contributed by atoms with van der Waals surface area (Å²) < 4.78 is 11.5. The van der Waals surface area contributed by atoms with Gasteiger partial charge in [-0.2, -0.15) is 0 Å². The number of nitrogens with one attached hydrogen (secondary N) is 7. The van der Waals surface area contributed by atoms with Crippen molar-refractivity contribution in [1.82, 2.24) is 42.1 Å². The summed E-state index contributed by atoms with van der Waals surface area (Å²) >= 11 is 0. The second-order valence-electron chi connectivity index (χ2n) is 17.9. The van der Waals surface area contributed by atoms with Gasteiger partial charge >= 0.3 is 0 Å². The third-order valence-electron chi connectivity index (χ3n) is 10.2. The minimum atomic E-state index is -1.74. The van der Waals surface area contributed by atoms with E-state index in [0.717, 1.165) is 42.6 Å². The fourth-order valence-electron chi connectivity index (χ4n) is 6.40. The number of benzene rings is 1. The van der Waals surface area contributed by atoms with Crippen LogP contribution in [0, 0.1) is 17.8 Å². The van der Waals surface area contributed by atoms with Crippen molar-refractivity contribution in [2.75, 3.05) is 40.5 Å². The lowest BCUT2D eigenvalue weighted by Crippen LogP contribution is -2.63. The summed E-state index contributed by atoms with van der Waals surface area (Å²) in [5, 5.41) is 16.8. The largest absolute Gasteiger partial charge is 0.378 e. The molecule has 21 nitrogen and oxygen atoms in total. The van der Waals surface area contributed by atoms with Crippen LogP contribution in [0.3, 0.4) is 0 Å². The number of aryl methyl sites for hydroxylation is 1. The summed E-state index contributed by atoms with van der Waals surface area (Å²) in [4.78, 5) is 119. The molecule has 1 aromatic carbocycles. The van der Waals surface area contributed by atoms with Crippen molar-refractivity contribution in [3.8, 4) is 0 Å². The highest BCUT2D eigenvalue weighted by Gasteiger charge is 2.36. The average Bonchev–Trinajstić information content (AvgIpc) is 3.27. The molecule has 7 atom stereocenters. The van der Waals surface area contributed by atoms with Gasteiger partial charge in [0.1, 0.15) is 18.1 Å². The van der Waals surface area contributed by atoms with Crippen molar-refractivity contribution in [1.29, 1.82) is 0 Å². The molecule has 0 radical (unpaired) electrons. The van der Waals surface area contributed by atoms with E-state index in [0.29, 0.717) is 5.56 Å². The monoisotopic (exact) mass is 947 g/mol. The van der Waals surface area contributed by atoms with E-state index in [1.165, 1.54) is 27.9 Å². The molecule has 378 valence electrons. The van der Waals surface area contributed by atoms with E-state index < -0.39 is 102 Å². The Balaban J connectivity index is 3.08. The number of amides is 8. The van der Waals surface area contributed by atoms with Crippen LogP contribution in [0.2, 0.25) is 0 Å². The van der Waals surface area contributed by atoms with Gasteiger partial charge in [0.05, 0.1) is 25.3 Å². The summed E-state index contributed by atoms with van der Waals surface area (Å²) in [6, 6.07) is 2.03. The van der Waals surface area contributed by atoms with Crippen LogP contribution in [0.25, 0.3) is 0 Å². The van der Waals surface area contributed by atoms with E-state index >= 15 is 0 Å². The normalized spacial score (nSPS) is 14.4. The smallest absolute Gasteiger partial charge is 0.289 e. The van der Waals surface area contributed by atoms with Gasteiger partial charge in [0, 0.05) is 32.9 Å². The number of nitrogens with zero attached hydrogens (tertiary/aromatic N) is 1. The van der Waals surface area contributed by atoms with Gasteiger partial charge in [-0.05, 0) is 68.6 Å². The summed E-state index contributed by atoms with van der Waals surface area (Å²) in [5.74, 6) is -7.54. The quantitative estimate of drug-likeness (QED) is 0.0264. The zero-order valence-corrected chi connectivity index (χ0v) is 41.2. The van der Waals surface area contributed by atoms with Crippen LogP contribution < -0.4 is 48.7 Å². The Kier molecular flexibility index (Phi) is 27.3. The minimum Gasteiger partial charge on any atom is -0.378 e. The molecule has 0 aliphatic carbocycles. The zero-order chi connectivity index (χ0) is 51.0. The third-order valence-corrected chi connectivity index (χ3v) is 10.2. The molecule has 0 aliphatic rings.